The van der Waals surface area contributed by atoms with E-state index >= 15 is 0 Å². The fourth-order valence-corrected chi connectivity index (χ4v) is 1.41. The summed E-state index contributed by atoms with van der Waals surface area (Å²) in [6.45, 7) is 1.34. The maximum atomic E-state index is 11.8. The first-order chi connectivity index (χ1) is 8.20. The minimum atomic E-state index is -0.338. The van der Waals surface area contributed by atoms with Gasteiger partial charge in [0.15, 0.2) is 0 Å². The van der Waals surface area contributed by atoms with Crippen molar-refractivity contribution in [3.63, 3.8) is 0 Å². The molecule has 0 unspecified atom stereocenters. The van der Waals surface area contributed by atoms with Gasteiger partial charge in [0.1, 0.15) is 5.02 Å². The lowest BCUT2D eigenvalue weighted by Crippen LogP contribution is -2.26. The van der Waals surface area contributed by atoms with E-state index in [-0.39, 0.29) is 10.6 Å². The average Bonchev–Trinajstić information content (AvgIpc) is 2.34. The number of anilines is 1. The second-order valence-electron chi connectivity index (χ2n) is 3.27. The highest BCUT2D eigenvalue weighted by atomic mass is 35.5. The normalized spacial score (nSPS) is 9.94. The van der Waals surface area contributed by atoms with Crippen LogP contribution in [0.2, 0.25) is 5.02 Å². The molecule has 0 spiro atoms. The van der Waals surface area contributed by atoms with Gasteiger partial charge in [-0.05, 0) is 0 Å². The van der Waals surface area contributed by atoms with Crippen molar-refractivity contribution in [2.24, 2.45) is 0 Å². The Morgan fingerprint density at radius 3 is 3.12 bits per heavy atom. The number of hydrogen-bond donors (Lipinski definition) is 1. The predicted octanol–water partition coefficient (Wildman–Crippen LogP) is 0.978. The van der Waals surface area contributed by atoms with Gasteiger partial charge >= 0.3 is 0 Å². The number of nitrogens with one attached hydrogen (secondary N) is 1. The van der Waals surface area contributed by atoms with Gasteiger partial charge in [-0.3, -0.25) is 4.79 Å². The van der Waals surface area contributed by atoms with Gasteiger partial charge in [-0.15, -0.1) is 12.3 Å². The van der Waals surface area contributed by atoms with Crippen molar-refractivity contribution in [3.8, 4) is 12.3 Å². The average molecular weight is 256 g/mol. The van der Waals surface area contributed by atoms with Crippen molar-refractivity contribution >= 4 is 17.3 Å². The number of methoxy groups -OCH3 is 1. The number of hydrogen-bond acceptors (Lipinski definition) is 4. The van der Waals surface area contributed by atoms with Crippen molar-refractivity contribution < 1.29 is 4.74 Å². The van der Waals surface area contributed by atoms with Crippen LogP contribution in [0.4, 0.5) is 5.69 Å². The molecule has 0 aliphatic heterocycles. The zero-order valence-electron chi connectivity index (χ0n) is 9.57. The molecule has 0 atom stereocenters. The lowest BCUT2D eigenvalue weighted by molar-refractivity contribution is 0.182. The van der Waals surface area contributed by atoms with E-state index in [0.29, 0.717) is 31.8 Å². The van der Waals surface area contributed by atoms with Crippen LogP contribution in [0.15, 0.2) is 11.0 Å². The lowest BCUT2D eigenvalue weighted by atomic mass is 10.4. The summed E-state index contributed by atoms with van der Waals surface area (Å²) in [4.78, 5) is 11.8. The second-order valence-corrected chi connectivity index (χ2v) is 3.65. The summed E-state index contributed by atoms with van der Waals surface area (Å²) in [5.74, 6) is 2.49. The van der Waals surface area contributed by atoms with Crippen LogP contribution in [0, 0.1) is 12.3 Å². The van der Waals surface area contributed by atoms with E-state index in [9.17, 15) is 4.79 Å². The van der Waals surface area contributed by atoms with E-state index < -0.39 is 0 Å². The molecule has 0 saturated heterocycles. The molecule has 1 rings (SSSR count). The van der Waals surface area contributed by atoms with Crippen LogP contribution in [0.25, 0.3) is 0 Å². The number of aromatic nitrogens is 2. The SMILES string of the molecule is C#CCCNc1cnn(CCOC)c(=O)c1Cl. The topological polar surface area (TPSA) is 56.1 Å². The molecule has 1 heterocycles. The van der Waals surface area contributed by atoms with Crippen LogP contribution >= 0.6 is 11.6 Å². The number of terminal acetylenes is 1. The summed E-state index contributed by atoms with van der Waals surface area (Å²) in [6.07, 6.45) is 7.19. The molecule has 92 valence electrons. The van der Waals surface area contributed by atoms with Crippen LogP contribution < -0.4 is 10.9 Å². The van der Waals surface area contributed by atoms with Crippen molar-refractivity contribution in [2.75, 3.05) is 25.6 Å². The van der Waals surface area contributed by atoms with Crippen LogP contribution in [-0.2, 0) is 11.3 Å². The third kappa shape index (κ3) is 3.77. The quantitative estimate of drug-likeness (QED) is 0.608. The molecule has 0 radical (unpaired) electrons. The monoisotopic (exact) mass is 255 g/mol. The Labute approximate surface area is 105 Å². The van der Waals surface area contributed by atoms with E-state index in [1.165, 1.54) is 10.9 Å². The number of halogens is 1. The molecule has 1 N–H and O–H groups in total. The molecular weight excluding hydrogens is 242 g/mol. The second kappa shape index (κ2) is 6.94. The number of ether oxygens (including phenoxy) is 1. The number of rotatable bonds is 6. The van der Waals surface area contributed by atoms with Crippen molar-refractivity contribution in [3.05, 3.63) is 21.6 Å². The summed E-state index contributed by atoms with van der Waals surface area (Å²) in [5, 5.41) is 7.06. The zero-order valence-corrected chi connectivity index (χ0v) is 10.3. The Morgan fingerprint density at radius 1 is 1.71 bits per heavy atom. The molecule has 0 aliphatic carbocycles. The van der Waals surface area contributed by atoms with Gasteiger partial charge in [-0.25, -0.2) is 4.68 Å². The fraction of sp³-hybridized carbons (Fsp3) is 0.455. The largest absolute Gasteiger partial charge is 0.383 e. The van der Waals surface area contributed by atoms with E-state index in [1.807, 2.05) is 0 Å². The van der Waals surface area contributed by atoms with Crippen molar-refractivity contribution in [1.82, 2.24) is 9.78 Å². The molecule has 0 fully saturated rings. The smallest absolute Gasteiger partial charge is 0.287 e. The molecule has 17 heavy (non-hydrogen) atoms. The van der Waals surface area contributed by atoms with Gasteiger partial charge in [0.25, 0.3) is 5.56 Å². The molecule has 1 aromatic rings. The predicted molar refractivity (Wildman–Crippen MR) is 67.3 cm³/mol. The highest BCUT2D eigenvalue weighted by molar-refractivity contribution is 6.32. The highest BCUT2D eigenvalue weighted by Gasteiger charge is 2.08. The molecule has 0 saturated carbocycles. The van der Waals surface area contributed by atoms with Gasteiger partial charge in [-0.2, -0.15) is 5.10 Å². The molecule has 0 amide bonds. The van der Waals surface area contributed by atoms with Crippen LogP contribution in [0.1, 0.15) is 6.42 Å². The first kappa shape index (κ1) is 13.6. The standard InChI is InChI=1S/C11H14ClN3O2/c1-3-4-5-13-9-8-14-15(6-7-17-2)11(16)10(9)12/h1,8,13H,4-7H2,2H3. The molecule has 0 aromatic carbocycles. The molecular formula is C11H14ClN3O2. The van der Waals surface area contributed by atoms with Crippen molar-refractivity contribution in [2.45, 2.75) is 13.0 Å². The maximum Gasteiger partial charge on any atom is 0.287 e. The van der Waals surface area contributed by atoms with Gasteiger partial charge in [0.2, 0.25) is 0 Å². The Bertz CT molecular complexity index is 465. The van der Waals surface area contributed by atoms with E-state index in [0.717, 1.165) is 0 Å². The van der Waals surface area contributed by atoms with Crippen molar-refractivity contribution in [1.29, 1.82) is 0 Å². The molecule has 0 aliphatic rings. The first-order valence-corrected chi connectivity index (χ1v) is 5.50. The molecule has 6 heteroatoms. The zero-order chi connectivity index (χ0) is 12.7. The Hall–Kier alpha value is -1.51. The van der Waals surface area contributed by atoms with Crippen LogP contribution in [0.3, 0.4) is 0 Å². The number of nitrogens with zero attached hydrogens (tertiary/aromatic N) is 2. The first-order valence-electron chi connectivity index (χ1n) is 5.12. The fourth-order valence-electron chi connectivity index (χ4n) is 1.19. The Balaban J connectivity index is 2.80. The summed E-state index contributed by atoms with van der Waals surface area (Å²) in [5.41, 5.74) is 0.162. The third-order valence-corrected chi connectivity index (χ3v) is 2.44. The lowest BCUT2D eigenvalue weighted by Gasteiger charge is -2.08. The summed E-state index contributed by atoms with van der Waals surface area (Å²) in [7, 11) is 1.56. The maximum absolute atomic E-state index is 11.8. The Kier molecular flexibility index (Phi) is 5.53. The molecule has 0 bridgehead atoms. The van der Waals surface area contributed by atoms with Gasteiger partial charge in [-0.1, -0.05) is 11.6 Å². The van der Waals surface area contributed by atoms with E-state index in [4.69, 9.17) is 22.8 Å². The highest BCUT2D eigenvalue weighted by Crippen LogP contribution is 2.14. The third-order valence-electron chi connectivity index (χ3n) is 2.08. The van der Waals surface area contributed by atoms with E-state index in [1.54, 1.807) is 7.11 Å². The van der Waals surface area contributed by atoms with Gasteiger partial charge < -0.3 is 10.1 Å². The van der Waals surface area contributed by atoms with Crippen LogP contribution in [-0.4, -0.2) is 30.0 Å². The minimum Gasteiger partial charge on any atom is -0.383 e. The van der Waals surface area contributed by atoms with E-state index in [2.05, 4.69) is 16.3 Å². The van der Waals surface area contributed by atoms with Gasteiger partial charge in [0, 0.05) is 20.1 Å². The van der Waals surface area contributed by atoms with Gasteiger partial charge in [0.05, 0.1) is 25.0 Å². The summed E-state index contributed by atoms with van der Waals surface area (Å²) < 4.78 is 6.13. The van der Waals surface area contributed by atoms with Crippen LogP contribution in [0.5, 0.6) is 0 Å². The minimum absolute atomic E-state index is 0.119. The molecule has 1 aromatic heterocycles. The summed E-state index contributed by atoms with van der Waals surface area (Å²) >= 11 is 5.93. The molecule has 5 nitrogen and oxygen atoms in total. The summed E-state index contributed by atoms with van der Waals surface area (Å²) in [6, 6.07) is 0. The Morgan fingerprint density at radius 2 is 2.47 bits per heavy atom.